The van der Waals surface area contributed by atoms with Gasteiger partial charge < -0.3 is 19.0 Å². The van der Waals surface area contributed by atoms with Crippen molar-refractivity contribution < 1.29 is 45.4 Å². The Morgan fingerprint density at radius 2 is 1.00 bits per heavy atom. The van der Waals surface area contributed by atoms with Crippen molar-refractivity contribution in [3.8, 4) is 34.4 Å². The minimum absolute atomic E-state index is 0.00614. The number of hydrogen-bond acceptors (Lipinski definition) is 6. The number of oxazole rings is 2. The van der Waals surface area contributed by atoms with Crippen molar-refractivity contribution in [2.45, 2.75) is 83.0 Å². The number of alkyl halides is 6. The van der Waals surface area contributed by atoms with Crippen LogP contribution in [0.1, 0.15) is 74.6 Å². The molecule has 268 valence electrons. The lowest BCUT2D eigenvalue weighted by Gasteiger charge is -2.38. The Morgan fingerprint density at radius 3 is 1.43 bits per heavy atom. The first-order chi connectivity index (χ1) is 24.3. The molecule has 0 aliphatic rings. The maximum atomic E-state index is 15.1. The molecule has 0 saturated heterocycles. The number of hydrogen-bond donors (Lipinski definition) is 2. The molecular formula is C39H36F6N2O4. The van der Waals surface area contributed by atoms with Crippen LogP contribution in [0.15, 0.2) is 81.6 Å². The quantitative estimate of drug-likeness (QED) is 0.0970. The molecule has 6 nitrogen and oxygen atoms in total. The summed E-state index contributed by atoms with van der Waals surface area (Å²) in [6.45, 7) is 4.07. The third-order valence-corrected chi connectivity index (χ3v) is 9.24. The Kier molecular flexibility index (Phi) is 9.80. The fraction of sp³-hybridized carbons (Fsp3) is 0.333. The van der Waals surface area contributed by atoms with Gasteiger partial charge in [0.25, 0.3) is 0 Å². The molecular weight excluding hydrogens is 674 g/mol. The molecule has 4 aromatic carbocycles. The van der Waals surface area contributed by atoms with E-state index in [2.05, 4.69) is 16.9 Å². The summed E-state index contributed by atoms with van der Waals surface area (Å²) < 4.78 is 102. The normalized spacial score (nSPS) is 12.7. The number of fused-ring (bicyclic) bond motifs is 2. The van der Waals surface area contributed by atoms with Crippen LogP contribution < -0.4 is 0 Å². The van der Waals surface area contributed by atoms with Gasteiger partial charge in [-0.1, -0.05) is 51.7 Å². The van der Waals surface area contributed by atoms with Crippen molar-refractivity contribution in [2.75, 3.05) is 0 Å². The number of phenolic OH excluding ortho intramolecular Hbond substituents is 2. The lowest BCUT2D eigenvalue weighted by Crippen LogP contribution is -2.54. The van der Waals surface area contributed by atoms with Crippen LogP contribution in [-0.4, -0.2) is 32.5 Å². The molecule has 0 saturated carbocycles. The summed E-state index contributed by atoms with van der Waals surface area (Å²) in [5, 5.41) is 20.6. The van der Waals surface area contributed by atoms with E-state index in [-0.39, 0.29) is 45.5 Å². The number of aromatic nitrogens is 2. The van der Waals surface area contributed by atoms with E-state index in [1.807, 2.05) is 6.92 Å². The smallest absolute Gasteiger partial charge is 0.411 e. The van der Waals surface area contributed by atoms with Gasteiger partial charge in [-0.3, -0.25) is 0 Å². The van der Waals surface area contributed by atoms with Crippen LogP contribution in [0.2, 0.25) is 0 Å². The molecule has 0 atom stereocenters. The Balaban J connectivity index is 1.42. The molecule has 51 heavy (non-hydrogen) atoms. The highest BCUT2D eigenvalue weighted by Crippen LogP contribution is 2.57. The van der Waals surface area contributed by atoms with Gasteiger partial charge in [-0.15, -0.1) is 0 Å². The second kappa shape index (κ2) is 14.0. The summed E-state index contributed by atoms with van der Waals surface area (Å²) in [6.07, 6.45) is -5.01. The molecule has 12 heteroatoms. The van der Waals surface area contributed by atoms with Gasteiger partial charge in [-0.05, 0) is 109 Å². The number of halogens is 6. The van der Waals surface area contributed by atoms with E-state index < -0.39 is 28.9 Å². The van der Waals surface area contributed by atoms with Crippen LogP contribution in [0.5, 0.6) is 11.5 Å². The number of aryl methyl sites for hydroxylation is 2. The van der Waals surface area contributed by atoms with Gasteiger partial charge >= 0.3 is 12.4 Å². The van der Waals surface area contributed by atoms with E-state index in [9.17, 15) is 10.2 Å². The molecule has 0 spiro atoms. The average Bonchev–Trinajstić information content (AvgIpc) is 3.70. The summed E-state index contributed by atoms with van der Waals surface area (Å²) in [6, 6.07) is 14.3. The standard InChI is InChI=1S/C39H36F6N2O4/c1-3-5-7-8-10-24-20-26(12-16-32(24)49)36-47-30-22-28(14-18-34(30)51-36)37(38(40,41)42,39(43,44)45)27-13-17-33-29(21-27)46-35(50-33)25-11-15-31(48)23(19-25)9-6-4-2/h11-22,48-49H,3-10H2,1-2H3. The molecule has 0 amide bonds. The minimum atomic E-state index is -5.85. The Bertz CT molecular complexity index is 2150. The minimum Gasteiger partial charge on any atom is -0.508 e. The molecule has 2 N–H and O–H groups in total. The van der Waals surface area contributed by atoms with Gasteiger partial charge in [0.05, 0.1) is 0 Å². The first kappa shape index (κ1) is 35.8. The van der Waals surface area contributed by atoms with Gasteiger partial charge in [0.2, 0.25) is 17.2 Å². The molecule has 0 bridgehead atoms. The van der Waals surface area contributed by atoms with Gasteiger partial charge in [0.1, 0.15) is 22.5 Å². The van der Waals surface area contributed by atoms with Gasteiger partial charge in [-0.25, -0.2) is 9.97 Å². The third kappa shape index (κ3) is 6.75. The van der Waals surface area contributed by atoms with E-state index in [1.165, 1.54) is 24.3 Å². The van der Waals surface area contributed by atoms with Crippen molar-refractivity contribution in [3.05, 3.63) is 95.1 Å². The molecule has 0 aliphatic heterocycles. The monoisotopic (exact) mass is 710 g/mol. The topological polar surface area (TPSA) is 92.5 Å². The maximum absolute atomic E-state index is 15.1. The first-order valence-corrected chi connectivity index (χ1v) is 16.9. The van der Waals surface area contributed by atoms with Crippen molar-refractivity contribution in [2.24, 2.45) is 0 Å². The number of unbranched alkanes of at least 4 members (excludes halogenated alkanes) is 4. The fourth-order valence-electron chi connectivity index (χ4n) is 6.50. The summed E-state index contributed by atoms with van der Waals surface area (Å²) in [5.74, 6) is 0.113. The largest absolute Gasteiger partial charge is 0.508 e. The number of rotatable bonds is 12. The van der Waals surface area contributed by atoms with Crippen LogP contribution in [0.25, 0.3) is 45.1 Å². The molecule has 0 fully saturated rings. The van der Waals surface area contributed by atoms with Crippen LogP contribution in [-0.2, 0) is 18.3 Å². The second-order valence-electron chi connectivity index (χ2n) is 12.7. The molecule has 6 aromatic rings. The predicted octanol–water partition coefficient (Wildman–Crippen LogP) is 11.6. The first-order valence-electron chi connectivity index (χ1n) is 16.9. The van der Waals surface area contributed by atoms with Gasteiger partial charge in [0.15, 0.2) is 11.2 Å². The molecule has 6 rings (SSSR count). The Hall–Kier alpha value is -5.00. The molecule has 2 aromatic heterocycles. The molecule has 0 radical (unpaired) electrons. The number of nitrogens with zero attached hydrogens (tertiary/aromatic N) is 2. The van der Waals surface area contributed by atoms with Crippen molar-refractivity contribution in [1.82, 2.24) is 9.97 Å². The molecule has 0 aliphatic carbocycles. The Morgan fingerprint density at radius 1 is 0.549 bits per heavy atom. The summed E-state index contributed by atoms with van der Waals surface area (Å²) in [7, 11) is 0. The summed E-state index contributed by atoms with van der Waals surface area (Å²) in [5.41, 5.74) is -4.99. The highest BCUT2D eigenvalue weighted by molar-refractivity contribution is 5.80. The zero-order valence-electron chi connectivity index (χ0n) is 28.0. The fourth-order valence-corrected chi connectivity index (χ4v) is 6.50. The zero-order valence-corrected chi connectivity index (χ0v) is 28.0. The molecule has 0 unspecified atom stereocenters. The summed E-state index contributed by atoms with van der Waals surface area (Å²) in [4.78, 5) is 8.55. The number of phenols is 2. The predicted molar refractivity (Wildman–Crippen MR) is 182 cm³/mol. The van der Waals surface area contributed by atoms with E-state index in [0.29, 0.717) is 35.1 Å². The van der Waals surface area contributed by atoms with Gasteiger partial charge in [0, 0.05) is 11.1 Å². The number of benzene rings is 4. The van der Waals surface area contributed by atoms with Crippen LogP contribution in [0.4, 0.5) is 26.3 Å². The van der Waals surface area contributed by atoms with E-state index in [1.54, 1.807) is 12.1 Å². The van der Waals surface area contributed by atoms with Crippen molar-refractivity contribution in [1.29, 1.82) is 0 Å². The average molecular weight is 711 g/mol. The number of aromatic hydroxyl groups is 2. The lowest BCUT2D eigenvalue weighted by molar-refractivity contribution is -0.288. The third-order valence-electron chi connectivity index (χ3n) is 9.24. The summed E-state index contributed by atoms with van der Waals surface area (Å²) >= 11 is 0. The van der Waals surface area contributed by atoms with Crippen molar-refractivity contribution in [3.63, 3.8) is 0 Å². The maximum Gasteiger partial charge on any atom is 0.411 e. The van der Waals surface area contributed by atoms with E-state index >= 15 is 26.3 Å². The van der Waals surface area contributed by atoms with E-state index in [4.69, 9.17) is 8.83 Å². The van der Waals surface area contributed by atoms with Gasteiger partial charge in [-0.2, -0.15) is 26.3 Å². The van der Waals surface area contributed by atoms with Crippen LogP contribution >= 0.6 is 0 Å². The van der Waals surface area contributed by atoms with Crippen molar-refractivity contribution >= 4 is 22.2 Å². The van der Waals surface area contributed by atoms with E-state index in [0.717, 1.165) is 74.9 Å². The molecule has 2 heterocycles. The SMILES string of the molecule is CCCCCCc1cc(-c2nc3cc(C(c4ccc5oc(-c6ccc(O)c(CCCC)c6)nc5c4)(C(F)(F)F)C(F)(F)F)ccc3o2)ccc1O. The highest BCUT2D eigenvalue weighted by atomic mass is 19.4. The van der Waals surface area contributed by atoms with Crippen LogP contribution in [0.3, 0.4) is 0 Å². The lowest BCUT2D eigenvalue weighted by atomic mass is 9.72. The van der Waals surface area contributed by atoms with Crippen LogP contribution in [0, 0.1) is 0 Å². The second-order valence-corrected chi connectivity index (χ2v) is 12.7. The Labute approximate surface area is 289 Å². The zero-order chi connectivity index (χ0) is 36.6. The highest BCUT2D eigenvalue weighted by Gasteiger charge is 2.72.